The summed E-state index contributed by atoms with van der Waals surface area (Å²) in [6, 6.07) is 7.98. The lowest BCUT2D eigenvalue weighted by atomic mass is 10.1. The zero-order valence-corrected chi connectivity index (χ0v) is 13.2. The second-order valence-corrected chi connectivity index (χ2v) is 5.65. The zero-order chi connectivity index (χ0) is 17.1. The fourth-order valence-electron chi connectivity index (χ4n) is 2.74. The number of H-pyrrole nitrogens is 3. The molecule has 0 radical (unpaired) electrons. The van der Waals surface area contributed by atoms with Gasteiger partial charge in [0.25, 0.3) is 5.56 Å². The number of aromatic amines is 3. The smallest absolute Gasteiger partial charge is 0.325 e. The molecule has 0 unspecified atom stereocenters. The molecular weight excluding hydrogens is 308 g/mol. The van der Waals surface area contributed by atoms with Gasteiger partial charge in [0.1, 0.15) is 0 Å². The molecule has 4 N–H and O–H groups in total. The summed E-state index contributed by atoms with van der Waals surface area (Å²) < 4.78 is 0. The first-order valence-corrected chi connectivity index (χ1v) is 7.68. The first kappa shape index (κ1) is 15.8. The van der Waals surface area contributed by atoms with E-state index in [1.165, 1.54) is 0 Å². The maximum Gasteiger partial charge on any atom is 0.325 e. The van der Waals surface area contributed by atoms with Crippen molar-refractivity contribution in [2.45, 2.75) is 19.8 Å². The first-order chi connectivity index (χ1) is 11.5. The van der Waals surface area contributed by atoms with Gasteiger partial charge in [0.2, 0.25) is 5.91 Å². The summed E-state index contributed by atoms with van der Waals surface area (Å²) in [5.41, 5.74) is 1.79. The van der Waals surface area contributed by atoms with Gasteiger partial charge in [-0.15, -0.1) is 0 Å². The van der Waals surface area contributed by atoms with Crippen molar-refractivity contribution >= 4 is 16.8 Å². The van der Waals surface area contributed by atoms with Crippen LogP contribution in [0, 0.1) is 6.92 Å². The zero-order valence-electron chi connectivity index (χ0n) is 13.2. The van der Waals surface area contributed by atoms with Gasteiger partial charge < -0.3 is 15.3 Å². The molecule has 0 saturated heterocycles. The Kier molecular flexibility index (Phi) is 4.33. The molecule has 124 valence electrons. The highest BCUT2D eigenvalue weighted by atomic mass is 16.2. The van der Waals surface area contributed by atoms with Crippen LogP contribution in [0.3, 0.4) is 0 Å². The van der Waals surface area contributed by atoms with E-state index in [0.717, 1.165) is 16.5 Å². The standard InChI is InChI=1S/C17H18N4O3/c1-10-13(16(23)21-17(24)20-10)8-15(22)18-7-6-11-9-19-14-5-3-2-4-12(11)14/h2-5,9,19H,6-8H2,1H3,(H,18,22)(H2,20,21,23,24). The van der Waals surface area contributed by atoms with E-state index in [1.54, 1.807) is 6.92 Å². The third-order valence-electron chi connectivity index (χ3n) is 3.98. The highest BCUT2D eigenvalue weighted by Gasteiger charge is 2.11. The van der Waals surface area contributed by atoms with Crippen LogP contribution in [0.2, 0.25) is 0 Å². The minimum atomic E-state index is -0.569. The average molecular weight is 326 g/mol. The molecule has 0 spiro atoms. The van der Waals surface area contributed by atoms with E-state index in [0.29, 0.717) is 18.7 Å². The number of aromatic nitrogens is 3. The van der Waals surface area contributed by atoms with Gasteiger partial charge in [0.15, 0.2) is 0 Å². The van der Waals surface area contributed by atoms with Gasteiger partial charge in [-0.1, -0.05) is 18.2 Å². The van der Waals surface area contributed by atoms with Gasteiger partial charge in [0.05, 0.1) is 6.42 Å². The fraction of sp³-hybridized carbons (Fsp3) is 0.235. The average Bonchev–Trinajstić information content (AvgIpc) is 2.94. The van der Waals surface area contributed by atoms with Crippen LogP contribution < -0.4 is 16.6 Å². The van der Waals surface area contributed by atoms with Crippen molar-refractivity contribution in [2.75, 3.05) is 6.54 Å². The second kappa shape index (κ2) is 6.57. The minimum absolute atomic E-state index is 0.0637. The normalized spacial score (nSPS) is 10.9. The van der Waals surface area contributed by atoms with Crippen molar-refractivity contribution < 1.29 is 4.79 Å². The lowest BCUT2D eigenvalue weighted by molar-refractivity contribution is -0.120. The lowest BCUT2D eigenvalue weighted by Gasteiger charge is -2.06. The van der Waals surface area contributed by atoms with Gasteiger partial charge in [-0.05, 0) is 25.0 Å². The molecule has 1 aromatic carbocycles. The molecule has 0 atom stereocenters. The SMILES string of the molecule is Cc1[nH]c(=O)[nH]c(=O)c1CC(=O)NCCc1c[nH]c2ccccc12. The van der Waals surface area contributed by atoms with Crippen molar-refractivity contribution in [2.24, 2.45) is 0 Å². The number of amides is 1. The maximum absolute atomic E-state index is 12.0. The summed E-state index contributed by atoms with van der Waals surface area (Å²) in [5.74, 6) is -0.254. The Hall–Kier alpha value is -3.09. The number of carbonyl (C=O) groups excluding carboxylic acids is 1. The van der Waals surface area contributed by atoms with Gasteiger partial charge >= 0.3 is 5.69 Å². The predicted molar refractivity (Wildman–Crippen MR) is 91.1 cm³/mol. The highest BCUT2D eigenvalue weighted by molar-refractivity contribution is 5.83. The van der Waals surface area contributed by atoms with Crippen molar-refractivity contribution in [3.8, 4) is 0 Å². The van der Waals surface area contributed by atoms with Crippen LogP contribution in [-0.4, -0.2) is 27.4 Å². The predicted octanol–water partition coefficient (Wildman–Crippen LogP) is 0.754. The molecule has 0 fully saturated rings. The Morgan fingerprint density at radius 3 is 2.75 bits per heavy atom. The summed E-state index contributed by atoms with van der Waals surface area (Å²) in [6.07, 6.45) is 2.57. The van der Waals surface area contributed by atoms with E-state index < -0.39 is 11.2 Å². The minimum Gasteiger partial charge on any atom is -0.361 e. The fourth-order valence-corrected chi connectivity index (χ4v) is 2.74. The van der Waals surface area contributed by atoms with Crippen molar-refractivity contribution in [1.82, 2.24) is 20.3 Å². The number of nitrogens with one attached hydrogen (secondary N) is 4. The monoisotopic (exact) mass is 326 g/mol. The van der Waals surface area contributed by atoms with Crippen LogP contribution in [0.5, 0.6) is 0 Å². The molecule has 0 bridgehead atoms. The summed E-state index contributed by atoms with van der Waals surface area (Å²) in [5, 5.41) is 3.94. The van der Waals surface area contributed by atoms with E-state index in [4.69, 9.17) is 0 Å². The number of carbonyl (C=O) groups is 1. The molecule has 3 rings (SSSR count). The van der Waals surface area contributed by atoms with E-state index in [-0.39, 0.29) is 17.9 Å². The van der Waals surface area contributed by atoms with Gasteiger partial charge in [-0.3, -0.25) is 14.6 Å². The number of para-hydroxylation sites is 1. The third-order valence-corrected chi connectivity index (χ3v) is 3.98. The lowest BCUT2D eigenvalue weighted by Crippen LogP contribution is -2.33. The van der Waals surface area contributed by atoms with Crippen LogP contribution in [0.25, 0.3) is 10.9 Å². The molecule has 1 amide bonds. The van der Waals surface area contributed by atoms with Crippen LogP contribution in [-0.2, 0) is 17.6 Å². The topological polar surface area (TPSA) is 111 Å². The molecule has 7 heteroatoms. The molecular formula is C17H18N4O3. The number of rotatable bonds is 5. The molecule has 0 aliphatic carbocycles. The number of aryl methyl sites for hydroxylation is 1. The molecule has 3 aromatic rings. The molecule has 0 aliphatic rings. The molecule has 0 aliphatic heterocycles. The van der Waals surface area contributed by atoms with E-state index in [2.05, 4.69) is 20.3 Å². The van der Waals surface area contributed by atoms with Crippen molar-refractivity contribution in [1.29, 1.82) is 0 Å². The van der Waals surface area contributed by atoms with Crippen LogP contribution >= 0.6 is 0 Å². The quantitative estimate of drug-likeness (QED) is 0.555. The summed E-state index contributed by atoms with van der Waals surface area (Å²) >= 11 is 0. The third kappa shape index (κ3) is 3.29. The highest BCUT2D eigenvalue weighted by Crippen LogP contribution is 2.17. The number of benzene rings is 1. The Morgan fingerprint density at radius 1 is 1.17 bits per heavy atom. The van der Waals surface area contributed by atoms with Crippen LogP contribution in [0.15, 0.2) is 40.1 Å². The molecule has 2 heterocycles. The number of hydrogen-bond acceptors (Lipinski definition) is 3. The number of fused-ring (bicyclic) bond motifs is 1. The Balaban J connectivity index is 1.60. The van der Waals surface area contributed by atoms with Gasteiger partial charge in [-0.2, -0.15) is 0 Å². The summed E-state index contributed by atoms with van der Waals surface area (Å²) in [7, 11) is 0. The summed E-state index contributed by atoms with van der Waals surface area (Å²) in [4.78, 5) is 42.7. The van der Waals surface area contributed by atoms with Gasteiger partial charge in [-0.25, -0.2) is 4.79 Å². The largest absolute Gasteiger partial charge is 0.361 e. The molecule has 0 saturated carbocycles. The van der Waals surface area contributed by atoms with E-state index >= 15 is 0 Å². The van der Waals surface area contributed by atoms with E-state index in [1.807, 2.05) is 30.5 Å². The maximum atomic E-state index is 12.0. The number of hydrogen-bond donors (Lipinski definition) is 4. The Labute approximate surface area is 137 Å². The summed E-state index contributed by atoms with van der Waals surface area (Å²) in [6.45, 7) is 2.08. The molecule has 7 nitrogen and oxygen atoms in total. The second-order valence-electron chi connectivity index (χ2n) is 5.65. The van der Waals surface area contributed by atoms with E-state index in [9.17, 15) is 14.4 Å². The first-order valence-electron chi connectivity index (χ1n) is 7.68. The van der Waals surface area contributed by atoms with Crippen molar-refractivity contribution in [3.05, 3.63) is 68.1 Å². The molecule has 2 aromatic heterocycles. The molecule has 24 heavy (non-hydrogen) atoms. The Morgan fingerprint density at radius 2 is 1.96 bits per heavy atom. The van der Waals surface area contributed by atoms with Crippen LogP contribution in [0.1, 0.15) is 16.8 Å². The van der Waals surface area contributed by atoms with Crippen molar-refractivity contribution in [3.63, 3.8) is 0 Å². The Bertz CT molecular complexity index is 997. The van der Waals surface area contributed by atoms with Gasteiger partial charge in [0, 0.05) is 34.9 Å². The van der Waals surface area contributed by atoms with Crippen LogP contribution in [0.4, 0.5) is 0 Å².